The molecule has 0 aromatic heterocycles. The molecule has 0 fully saturated rings. The van der Waals surface area contributed by atoms with Crippen LogP contribution in [0.1, 0.15) is 84.0 Å². The van der Waals surface area contributed by atoms with Crippen LogP contribution >= 0.6 is 0 Å². The number of aliphatic hydroxyl groups is 3. The predicted octanol–water partition coefficient (Wildman–Crippen LogP) is 3.96. The van der Waals surface area contributed by atoms with Crippen LogP contribution in [0.2, 0.25) is 0 Å². The maximum absolute atomic E-state index is 9.88. The van der Waals surface area contributed by atoms with Gasteiger partial charge in [0.15, 0.2) is 0 Å². The Bertz CT molecular complexity index is 229. The van der Waals surface area contributed by atoms with Crippen molar-refractivity contribution in [3.8, 4) is 0 Å². The smallest absolute Gasteiger partial charge is 0.0833 e. The Balaban J connectivity index is 3.46. The Hall–Kier alpha value is -0.380. The lowest BCUT2D eigenvalue weighted by atomic mass is 10.0. The average molecular weight is 300 g/mol. The second-order valence-electron chi connectivity index (χ2n) is 5.97. The molecule has 0 radical (unpaired) electrons. The van der Waals surface area contributed by atoms with Gasteiger partial charge < -0.3 is 15.3 Å². The van der Waals surface area contributed by atoms with Crippen molar-refractivity contribution in [2.24, 2.45) is 0 Å². The number of aliphatic hydroxyl groups excluding tert-OH is 3. The Labute approximate surface area is 131 Å². The van der Waals surface area contributed by atoms with E-state index in [-0.39, 0.29) is 6.61 Å². The van der Waals surface area contributed by atoms with Gasteiger partial charge in [-0.2, -0.15) is 0 Å². The van der Waals surface area contributed by atoms with Crippen molar-refractivity contribution >= 4 is 0 Å². The first kappa shape index (κ1) is 20.6. The second kappa shape index (κ2) is 16.0. The van der Waals surface area contributed by atoms with E-state index in [1.807, 2.05) is 6.08 Å². The molecular formula is C18H36O3. The normalized spacial score (nSPS) is 14.7. The molecule has 0 heterocycles. The van der Waals surface area contributed by atoms with Gasteiger partial charge in [-0.15, -0.1) is 0 Å². The SMILES string of the molecule is CCCCC/C=C\CC(O)C(O)CCCCCCCCO. The Morgan fingerprint density at radius 3 is 2.10 bits per heavy atom. The third kappa shape index (κ3) is 14.3. The van der Waals surface area contributed by atoms with E-state index in [2.05, 4.69) is 13.0 Å². The molecule has 0 bridgehead atoms. The highest BCUT2D eigenvalue weighted by Gasteiger charge is 2.13. The highest BCUT2D eigenvalue weighted by atomic mass is 16.3. The van der Waals surface area contributed by atoms with Crippen molar-refractivity contribution in [3.63, 3.8) is 0 Å². The largest absolute Gasteiger partial charge is 0.396 e. The molecule has 21 heavy (non-hydrogen) atoms. The van der Waals surface area contributed by atoms with Crippen LogP contribution in [0.25, 0.3) is 0 Å². The molecule has 0 aliphatic carbocycles. The highest BCUT2D eigenvalue weighted by molar-refractivity contribution is 4.86. The quantitative estimate of drug-likeness (QED) is 0.317. The van der Waals surface area contributed by atoms with Gasteiger partial charge >= 0.3 is 0 Å². The zero-order valence-corrected chi connectivity index (χ0v) is 13.8. The fourth-order valence-electron chi connectivity index (χ4n) is 2.39. The summed E-state index contributed by atoms with van der Waals surface area (Å²) in [6, 6.07) is 0. The first-order valence-corrected chi connectivity index (χ1v) is 8.84. The van der Waals surface area contributed by atoms with Crippen molar-refractivity contribution in [3.05, 3.63) is 12.2 Å². The summed E-state index contributed by atoms with van der Waals surface area (Å²) in [4.78, 5) is 0. The van der Waals surface area contributed by atoms with Gasteiger partial charge in [-0.05, 0) is 32.1 Å². The molecule has 3 N–H and O–H groups in total. The maximum atomic E-state index is 9.88. The van der Waals surface area contributed by atoms with Gasteiger partial charge in [-0.25, -0.2) is 0 Å². The molecule has 0 aromatic rings. The number of rotatable bonds is 15. The number of unbranched alkanes of at least 4 members (excludes halogenated alkanes) is 8. The summed E-state index contributed by atoms with van der Waals surface area (Å²) in [5, 5.41) is 28.4. The predicted molar refractivity (Wildman–Crippen MR) is 89.3 cm³/mol. The van der Waals surface area contributed by atoms with E-state index in [4.69, 9.17) is 5.11 Å². The lowest BCUT2D eigenvalue weighted by Gasteiger charge is -2.16. The molecule has 2 atom stereocenters. The Morgan fingerprint density at radius 2 is 1.43 bits per heavy atom. The molecule has 0 saturated carbocycles. The van der Waals surface area contributed by atoms with E-state index in [0.717, 1.165) is 44.9 Å². The molecule has 0 aromatic carbocycles. The van der Waals surface area contributed by atoms with Gasteiger partial charge in [-0.3, -0.25) is 0 Å². The summed E-state index contributed by atoms with van der Waals surface area (Å²) in [5.41, 5.74) is 0. The van der Waals surface area contributed by atoms with E-state index in [1.54, 1.807) is 0 Å². The fraction of sp³-hybridized carbons (Fsp3) is 0.889. The van der Waals surface area contributed by atoms with Crippen LogP contribution in [0.5, 0.6) is 0 Å². The molecule has 126 valence electrons. The second-order valence-corrected chi connectivity index (χ2v) is 5.97. The third-order valence-corrected chi connectivity index (χ3v) is 3.87. The van der Waals surface area contributed by atoms with Crippen LogP contribution in [0.4, 0.5) is 0 Å². The monoisotopic (exact) mass is 300 g/mol. The molecule has 0 amide bonds. The Kier molecular flexibility index (Phi) is 15.7. The van der Waals surface area contributed by atoms with Gasteiger partial charge in [0, 0.05) is 6.61 Å². The minimum atomic E-state index is -0.623. The highest BCUT2D eigenvalue weighted by Crippen LogP contribution is 2.12. The lowest BCUT2D eigenvalue weighted by Crippen LogP contribution is -2.25. The lowest BCUT2D eigenvalue weighted by molar-refractivity contribution is 0.0152. The molecular weight excluding hydrogens is 264 g/mol. The minimum Gasteiger partial charge on any atom is -0.396 e. The third-order valence-electron chi connectivity index (χ3n) is 3.87. The maximum Gasteiger partial charge on any atom is 0.0833 e. The molecule has 0 aliphatic heterocycles. The van der Waals surface area contributed by atoms with Crippen molar-refractivity contribution < 1.29 is 15.3 Å². The molecule has 0 spiro atoms. The minimum absolute atomic E-state index is 0.289. The van der Waals surface area contributed by atoms with Crippen LogP contribution in [0.3, 0.4) is 0 Å². The summed E-state index contributed by atoms with van der Waals surface area (Å²) in [6.45, 7) is 2.48. The topological polar surface area (TPSA) is 60.7 Å². The molecule has 0 saturated heterocycles. The van der Waals surface area contributed by atoms with E-state index in [1.165, 1.54) is 19.3 Å². The van der Waals surface area contributed by atoms with Crippen LogP contribution in [0.15, 0.2) is 12.2 Å². The van der Waals surface area contributed by atoms with Crippen LogP contribution < -0.4 is 0 Å². The summed E-state index contributed by atoms with van der Waals surface area (Å²) in [6.07, 6.45) is 15.3. The van der Waals surface area contributed by atoms with E-state index < -0.39 is 12.2 Å². The molecule has 3 heteroatoms. The number of hydrogen-bond acceptors (Lipinski definition) is 3. The van der Waals surface area contributed by atoms with Crippen LogP contribution in [-0.2, 0) is 0 Å². The van der Waals surface area contributed by atoms with Crippen LogP contribution in [0, 0.1) is 0 Å². The first-order chi connectivity index (χ1) is 10.2. The van der Waals surface area contributed by atoms with Gasteiger partial charge in [0.25, 0.3) is 0 Å². The standard InChI is InChI=1S/C18H36O3/c1-2-3-4-5-8-11-14-17(20)18(21)15-12-9-6-7-10-13-16-19/h8,11,17-21H,2-7,9-10,12-16H2,1H3/b11-8-. The van der Waals surface area contributed by atoms with Crippen molar-refractivity contribution in [2.45, 2.75) is 96.2 Å². The molecule has 2 unspecified atom stereocenters. The first-order valence-electron chi connectivity index (χ1n) is 8.84. The van der Waals surface area contributed by atoms with Gasteiger partial charge in [0.1, 0.15) is 0 Å². The molecule has 0 aliphatic rings. The summed E-state index contributed by atoms with van der Waals surface area (Å²) >= 11 is 0. The molecule has 3 nitrogen and oxygen atoms in total. The fourth-order valence-corrected chi connectivity index (χ4v) is 2.39. The van der Waals surface area contributed by atoms with Crippen molar-refractivity contribution in [1.82, 2.24) is 0 Å². The average Bonchev–Trinajstić information content (AvgIpc) is 2.49. The number of allylic oxidation sites excluding steroid dienone is 1. The van der Waals surface area contributed by atoms with E-state index in [0.29, 0.717) is 12.8 Å². The Morgan fingerprint density at radius 1 is 0.762 bits per heavy atom. The summed E-state index contributed by atoms with van der Waals surface area (Å²) in [5.74, 6) is 0. The van der Waals surface area contributed by atoms with Crippen LogP contribution in [-0.4, -0.2) is 34.1 Å². The van der Waals surface area contributed by atoms with Gasteiger partial charge in [0.2, 0.25) is 0 Å². The summed E-state index contributed by atoms with van der Waals surface area (Å²) < 4.78 is 0. The zero-order valence-electron chi connectivity index (χ0n) is 13.8. The molecule has 0 rings (SSSR count). The zero-order chi connectivity index (χ0) is 15.8. The van der Waals surface area contributed by atoms with Crippen molar-refractivity contribution in [1.29, 1.82) is 0 Å². The number of hydrogen-bond donors (Lipinski definition) is 3. The van der Waals surface area contributed by atoms with E-state index >= 15 is 0 Å². The van der Waals surface area contributed by atoms with Gasteiger partial charge in [0.05, 0.1) is 12.2 Å². The van der Waals surface area contributed by atoms with Crippen molar-refractivity contribution in [2.75, 3.05) is 6.61 Å². The van der Waals surface area contributed by atoms with Gasteiger partial charge in [-0.1, -0.05) is 64.0 Å². The van der Waals surface area contributed by atoms with E-state index in [9.17, 15) is 10.2 Å². The summed E-state index contributed by atoms with van der Waals surface area (Å²) in [7, 11) is 0.